The Kier molecular flexibility index (Phi) is 4.94. The molecule has 3 rings (SSSR count). The number of hydrogen-bond donors (Lipinski definition) is 0. The van der Waals surface area contributed by atoms with E-state index in [9.17, 15) is 9.18 Å². The number of rotatable bonds is 1. The molecule has 1 amide bonds. The van der Waals surface area contributed by atoms with E-state index in [-0.39, 0.29) is 17.5 Å². The third-order valence-corrected chi connectivity index (χ3v) is 3.87. The summed E-state index contributed by atoms with van der Waals surface area (Å²) in [5.41, 5.74) is 0.410. The number of hydrogen-bond acceptors (Lipinski definition) is 3. The fourth-order valence-electron chi connectivity index (χ4n) is 2.90. The van der Waals surface area contributed by atoms with E-state index in [1.54, 1.807) is 17.0 Å². The van der Waals surface area contributed by atoms with Crippen molar-refractivity contribution in [2.45, 2.75) is 44.6 Å². The lowest BCUT2D eigenvalue weighted by Gasteiger charge is -2.30. The van der Waals surface area contributed by atoms with Gasteiger partial charge in [-0.1, -0.05) is 6.42 Å². The standard InChI is InChI=1S/C14H16FNO2.C2H4O/c15-11-4-6-12(7-5-11)16-10-14(18-13(16)17)8-2-1-3-9-14;1-2-3/h4-7H,1-3,8-10H2;2H,1H3. The van der Waals surface area contributed by atoms with Crippen molar-refractivity contribution in [1.29, 1.82) is 0 Å². The molecule has 114 valence electrons. The topological polar surface area (TPSA) is 46.6 Å². The summed E-state index contributed by atoms with van der Waals surface area (Å²) in [5, 5.41) is 0. The third-order valence-electron chi connectivity index (χ3n) is 3.87. The second-order valence-electron chi connectivity index (χ2n) is 5.41. The average Bonchev–Trinajstić information content (AvgIpc) is 2.78. The molecule has 1 aliphatic heterocycles. The lowest BCUT2D eigenvalue weighted by atomic mass is 9.85. The van der Waals surface area contributed by atoms with Crippen molar-refractivity contribution in [2.24, 2.45) is 0 Å². The molecular formula is C16H20FNO3. The van der Waals surface area contributed by atoms with E-state index in [1.807, 2.05) is 0 Å². The van der Waals surface area contributed by atoms with Crippen LogP contribution in [0.5, 0.6) is 0 Å². The number of aldehydes is 1. The summed E-state index contributed by atoms with van der Waals surface area (Å²) in [6.45, 7) is 2.04. The molecule has 0 unspecified atom stereocenters. The van der Waals surface area contributed by atoms with Gasteiger partial charge in [-0.05, 0) is 56.9 Å². The van der Waals surface area contributed by atoms with Gasteiger partial charge in [-0.3, -0.25) is 4.90 Å². The molecule has 1 aromatic rings. The predicted molar refractivity (Wildman–Crippen MR) is 77.8 cm³/mol. The van der Waals surface area contributed by atoms with E-state index < -0.39 is 0 Å². The van der Waals surface area contributed by atoms with Gasteiger partial charge in [-0.15, -0.1) is 0 Å². The summed E-state index contributed by atoms with van der Waals surface area (Å²) >= 11 is 0. The van der Waals surface area contributed by atoms with Crippen LogP contribution < -0.4 is 4.90 Å². The molecule has 21 heavy (non-hydrogen) atoms. The molecule has 0 N–H and O–H groups in total. The minimum Gasteiger partial charge on any atom is -0.441 e. The van der Waals surface area contributed by atoms with Crippen LogP contribution in [-0.2, 0) is 9.53 Å². The second kappa shape index (κ2) is 6.70. The van der Waals surface area contributed by atoms with Crippen LogP contribution in [0.4, 0.5) is 14.9 Å². The van der Waals surface area contributed by atoms with Gasteiger partial charge < -0.3 is 9.53 Å². The monoisotopic (exact) mass is 293 g/mol. The Bertz CT molecular complexity index is 495. The Morgan fingerprint density at radius 1 is 1.19 bits per heavy atom. The number of anilines is 1. The number of amides is 1. The molecule has 1 aromatic carbocycles. The molecule has 1 spiro atoms. The molecule has 1 heterocycles. The summed E-state index contributed by atoms with van der Waals surface area (Å²) in [6.07, 6.45) is 5.78. The maximum Gasteiger partial charge on any atom is 0.415 e. The molecule has 1 saturated carbocycles. The Balaban J connectivity index is 0.000000497. The van der Waals surface area contributed by atoms with E-state index in [1.165, 1.54) is 25.5 Å². The molecule has 1 aliphatic carbocycles. The highest BCUT2D eigenvalue weighted by Crippen LogP contribution is 2.38. The fraction of sp³-hybridized carbons (Fsp3) is 0.500. The molecule has 2 aliphatic rings. The Labute approximate surface area is 123 Å². The van der Waals surface area contributed by atoms with Crippen LogP contribution in [0.3, 0.4) is 0 Å². The number of halogens is 1. The van der Waals surface area contributed by atoms with E-state index in [0.29, 0.717) is 12.2 Å². The van der Waals surface area contributed by atoms with E-state index >= 15 is 0 Å². The largest absolute Gasteiger partial charge is 0.441 e. The smallest absolute Gasteiger partial charge is 0.415 e. The maximum absolute atomic E-state index is 12.9. The van der Waals surface area contributed by atoms with Crippen molar-refractivity contribution in [2.75, 3.05) is 11.4 Å². The summed E-state index contributed by atoms with van der Waals surface area (Å²) in [4.78, 5) is 22.4. The molecule has 0 bridgehead atoms. The molecule has 2 fully saturated rings. The van der Waals surface area contributed by atoms with Crippen molar-refractivity contribution >= 4 is 18.1 Å². The van der Waals surface area contributed by atoms with Crippen molar-refractivity contribution < 1.29 is 18.7 Å². The first-order valence-corrected chi connectivity index (χ1v) is 7.26. The average molecular weight is 293 g/mol. The first kappa shape index (κ1) is 15.5. The molecule has 4 nitrogen and oxygen atoms in total. The van der Waals surface area contributed by atoms with Gasteiger partial charge in [0.15, 0.2) is 0 Å². The summed E-state index contributed by atoms with van der Waals surface area (Å²) in [6, 6.07) is 5.99. The number of nitrogens with zero attached hydrogens (tertiary/aromatic N) is 1. The molecule has 0 aromatic heterocycles. The fourth-order valence-corrected chi connectivity index (χ4v) is 2.90. The van der Waals surface area contributed by atoms with Crippen LogP contribution in [0.15, 0.2) is 24.3 Å². The van der Waals surface area contributed by atoms with Gasteiger partial charge in [-0.2, -0.15) is 0 Å². The van der Waals surface area contributed by atoms with Gasteiger partial charge in [0.1, 0.15) is 17.7 Å². The summed E-state index contributed by atoms with van der Waals surface area (Å²) in [7, 11) is 0. The summed E-state index contributed by atoms with van der Waals surface area (Å²) < 4.78 is 18.5. The van der Waals surface area contributed by atoms with Crippen LogP contribution in [0, 0.1) is 5.82 Å². The predicted octanol–water partition coefficient (Wildman–Crippen LogP) is 3.69. The van der Waals surface area contributed by atoms with Crippen LogP contribution in [-0.4, -0.2) is 24.5 Å². The SMILES string of the molecule is CC=O.O=C1OC2(CCCCC2)CN1c1ccc(F)cc1. The number of carbonyl (C=O) groups is 2. The van der Waals surface area contributed by atoms with Gasteiger partial charge in [0.05, 0.1) is 6.54 Å². The zero-order valence-electron chi connectivity index (χ0n) is 12.2. The van der Waals surface area contributed by atoms with Gasteiger partial charge in [0, 0.05) is 5.69 Å². The highest BCUT2D eigenvalue weighted by molar-refractivity contribution is 5.90. The minimum atomic E-state index is -0.302. The molecule has 0 atom stereocenters. The van der Waals surface area contributed by atoms with E-state index in [0.717, 1.165) is 32.0 Å². The summed E-state index contributed by atoms with van der Waals surface area (Å²) in [5.74, 6) is -0.293. The van der Waals surface area contributed by atoms with Crippen molar-refractivity contribution in [3.8, 4) is 0 Å². The first-order valence-electron chi connectivity index (χ1n) is 7.26. The lowest BCUT2D eigenvalue weighted by Crippen LogP contribution is -2.36. The van der Waals surface area contributed by atoms with E-state index in [4.69, 9.17) is 9.53 Å². The highest BCUT2D eigenvalue weighted by atomic mass is 19.1. The van der Waals surface area contributed by atoms with E-state index in [2.05, 4.69) is 0 Å². The second-order valence-corrected chi connectivity index (χ2v) is 5.41. The van der Waals surface area contributed by atoms with Gasteiger partial charge in [0.25, 0.3) is 0 Å². The first-order chi connectivity index (χ1) is 10.1. The maximum atomic E-state index is 12.9. The Morgan fingerprint density at radius 3 is 2.33 bits per heavy atom. The molecule has 1 saturated heterocycles. The van der Waals surface area contributed by atoms with Crippen LogP contribution in [0.2, 0.25) is 0 Å². The zero-order valence-corrected chi connectivity index (χ0v) is 12.2. The highest BCUT2D eigenvalue weighted by Gasteiger charge is 2.46. The van der Waals surface area contributed by atoms with Crippen LogP contribution in [0.1, 0.15) is 39.0 Å². The van der Waals surface area contributed by atoms with Gasteiger partial charge in [-0.25, -0.2) is 9.18 Å². The number of ether oxygens (including phenoxy) is 1. The Hall–Kier alpha value is -1.91. The molecule has 0 radical (unpaired) electrons. The van der Waals surface area contributed by atoms with Gasteiger partial charge in [0.2, 0.25) is 0 Å². The normalized spacial score (nSPS) is 19.7. The number of carbonyl (C=O) groups excluding carboxylic acids is 2. The third kappa shape index (κ3) is 3.60. The molecule has 5 heteroatoms. The van der Waals surface area contributed by atoms with Crippen LogP contribution >= 0.6 is 0 Å². The number of benzene rings is 1. The van der Waals surface area contributed by atoms with Gasteiger partial charge >= 0.3 is 6.09 Å². The van der Waals surface area contributed by atoms with Crippen LogP contribution in [0.25, 0.3) is 0 Å². The van der Waals surface area contributed by atoms with Crippen molar-refractivity contribution in [1.82, 2.24) is 0 Å². The lowest BCUT2D eigenvalue weighted by molar-refractivity contribution is -0.106. The van der Waals surface area contributed by atoms with Crippen molar-refractivity contribution in [3.05, 3.63) is 30.1 Å². The zero-order chi connectivity index (χ0) is 15.3. The molecular weight excluding hydrogens is 273 g/mol. The minimum absolute atomic E-state index is 0.293. The Morgan fingerprint density at radius 2 is 1.76 bits per heavy atom. The van der Waals surface area contributed by atoms with Crippen molar-refractivity contribution in [3.63, 3.8) is 0 Å². The quantitative estimate of drug-likeness (QED) is 0.742.